The third-order valence-electron chi connectivity index (χ3n) is 3.25. The molecule has 3 rings (SSSR count). The highest BCUT2D eigenvalue weighted by atomic mass is 16.1. The summed E-state index contributed by atoms with van der Waals surface area (Å²) in [6, 6.07) is 7.47. The van der Waals surface area contributed by atoms with E-state index in [0.717, 1.165) is 22.7 Å². The zero-order valence-corrected chi connectivity index (χ0v) is 11.9. The number of aromatic nitrogens is 4. The molecule has 0 fully saturated rings. The molecule has 6 heteroatoms. The lowest BCUT2D eigenvalue weighted by molar-refractivity contribution is 0.0948. The van der Waals surface area contributed by atoms with Gasteiger partial charge in [0.05, 0.1) is 29.2 Å². The largest absolute Gasteiger partial charge is 0.346 e. The molecular formula is C15H15N5O. The predicted molar refractivity (Wildman–Crippen MR) is 77.9 cm³/mol. The molecule has 0 aliphatic heterocycles. The first-order chi connectivity index (χ1) is 10.1. The molecule has 0 spiro atoms. The maximum Gasteiger partial charge on any atom is 0.255 e. The van der Waals surface area contributed by atoms with E-state index in [1.165, 1.54) is 0 Å². The first-order valence-corrected chi connectivity index (χ1v) is 6.65. The minimum Gasteiger partial charge on any atom is -0.346 e. The Morgan fingerprint density at radius 1 is 1.29 bits per heavy atom. The third kappa shape index (κ3) is 2.60. The van der Waals surface area contributed by atoms with Gasteiger partial charge in [0.1, 0.15) is 0 Å². The van der Waals surface area contributed by atoms with Crippen molar-refractivity contribution in [2.75, 3.05) is 0 Å². The van der Waals surface area contributed by atoms with E-state index in [-0.39, 0.29) is 5.91 Å². The molecule has 6 nitrogen and oxygen atoms in total. The van der Waals surface area contributed by atoms with Gasteiger partial charge in [-0.3, -0.25) is 9.78 Å². The maximum absolute atomic E-state index is 12.3. The van der Waals surface area contributed by atoms with Crippen molar-refractivity contribution in [1.82, 2.24) is 24.9 Å². The molecule has 0 saturated heterocycles. The van der Waals surface area contributed by atoms with Crippen molar-refractivity contribution in [1.29, 1.82) is 0 Å². The lowest BCUT2D eigenvalue weighted by atomic mass is 10.2. The number of rotatable bonds is 3. The Bertz CT molecular complexity index is 794. The number of fused-ring (bicyclic) bond motifs is 1. The monoisotopic (exact) mass is 281 g/mol. The summed E-state index contributed by atoms with van der Waals surface area (Å²) in [5, 5.41) is 7.18. The van der Waals surface area contributed by atoms with Crippen LogP contribution in [0.5, 0.6) is 0 Å². The Morgan fingerprint density at radius 3 is 2.90 bits per heavy atom. The van der Waals surface area contributed by atoms with Crippen molar-refractivity contribution in [3.63, 3.8) is 0 Å². The van der Waals surface area contributed by atoms with Crippen molar-refractivity contribution in [2.45, 2.75) is 20.4 Å². The van der Waals surface area contributed by atoms with Gasteiger partial charge in [-0.15, -0.1) is 0 Å². The third-order valence-corrected chi connectivity index (χ3v) is 3.25. The Balaban J connectivity index is 1.83. The van der Waals surface area contributed by atoms with E-state index in [0.29, 0.717) is 12.1 Å². The first kappa shape index (κ1) is 13.2. The minimum absolute atomic E-state index is 0.180. The topological polar surface area (TPSA) is 72.2 Å². The molecule has 1 amide bonds. The van der Waals surface area contributed by atoms with Crippen LogP contribution in [-0.2, 0) is 6.54 Å². The van der Waals surface area contributed by atoms with Crippen LogP contribution in [0, 0.1) is 13.8 Å². The van der Waals surface area contributed by atoms with E-state index in [1.54, 1.807) is 16.9 Å². The lowest BCUT2D eigenvalue weighted by Crippen LogP contribution is -2.25. The number of carbonyl (C=O) groups is 1. The molecule has 0 aliphatic carbocycles. The van der Waals surface area contributed by atoms with Crippen LogP contribution in [0.25, 0.3) is 5.65 Å². The van der Waals surface area contributed by atoms with Gasteiger partial charge < -0.3 is 5.32 Å². The van der Waals surface area contributed by atoms with Gasteiger partial charge in [-0.1, -0.05) is 6.07 Å². The Morgan fingerprint density at radius 2 is 2.14 bits per heavy atom. The van der Waals surface area contributed by atoms with Crippen LogP contribution in [0.15, 0.2) is 36.7 Å². The summed E-state index contributed by atoms with van der Waals surface area (Å²) in [7, 11) is 0. The fourth-order valence-corrected chi connectivity index (χ4v) is 2.15. The van der Waals surface area contributed by atoms with Crippen LogP contribution in [-0.4, -0.2) is 25.5 Å². The van der Waals surface area contributed by atoms with E-state index < -0.39 is 0 Å². The number of hydrogen-bond acceptors (Lipinski definition) is 4. The lowest BCUT2D eigenvalue weighted by Gasteiger charge is -2.08. The number of aryl methyl sites for hydroxylation is 2. The molecule has 0 saturated carbocycles. The average molecular weight is 281 g/mol. The normalized spacial score (nSPS) is 10.8. The fourth-order valence-electron chi connectivity index (χ4n) is 2.15. The van der Waals surface area contributed by atoms with Gasteiger partial charge >= 0.3 is 0 Å². The Hall–Kier alpha value is -2.76. The molecule has 0 unspecified atom stereocenters. The molecule has 3 aromatic heterocycles. The molecule has 106 valence electrons. The van der Waals surface area contributed by atoms with Gasteiger partial charge in [0.25, 0.3) is 5.91 Å². The van der Waals surface area contributed by atoms with Crippen LogP contribution >= 0.6 is 0 Å². The smallest absolute Gasteiger partial charge is 0.255 e. The van der Waals surface area contributed by atoms with Gasteiger partial charge in [-0.05, 0) is 26.0 Å². The maximum atomic E-state index is 12.3. The van der Waals surface area contributed by atoms with Crippen molar-refractivity contribution < 1.29 is 4.79 Å². The summed E-state index contributed by atoms with van der Waals surface area (Å²) in [6.45, 7) is 4.14. The van der Waals surface area contributed by atoms with Crippen LogP contribution < -0.4 is 5.32 Å². The highest BCUT2D eigenvalue weighted by Crippen LogP contribution is 2.11. The van der Waals surface area contributed by atoms with Crippen LogP contribution in [0.1, 0.15) is 27.4 Å². The van der Waals surface area contributed by atoms with E-state index in [1.807, 2.05) is 38.1 Å². The summed E-state index contributed by atoms with van der Waals surface area (Å²) in [5.74, 6) is -0.180. The van der Waals surface area contributed by atoms with E-state index >= 15 is 0 Å². The van der Waals surface area contributed by atoms with Gasteiger partial charge in [-0.2, -0.15) is 5.10 Å². The molecule has 1 N–H and O–H groups in total. The van der Waals surface area contributed by atoms with Crippen LogP contribution in [0.3, 0.4) is 0 Å². The molecule has 0 bridgehead atoms. The highest BCUT2D eigenvalue weighted by molar-refractivity contribution is 5.95. The quantitative estimate of drug-likeness (QED) is 0.792. The van der Waals surface area contributed by atoms with E-state index in [2.05, 4.69) is 20.4 Å². The van der Waals surface area contributed by atoms with Gasteiger partial charge in [-0.25, -0.2) is 9.50 Å². The highest BCUT2D eigenvalue weighted by Gasteiger charge is 2.13. The van der Waals surface area contributed by atoms with Crippen molar-refractivity contribution >= 4 is 11.6 Å². The molecule has 0 aliphatic rings. The minimum atomic E-state index is -0.180. The number of nitrogens with zero attached hydrogens (tertiary/aromatic N) is 4. The number of nitrogens with one attached hydrogen (secondary N) is 1. The molecule has 0 radical (unpaired) electrons. The van der Waals surface area contributed by atoms with E-state index in [4.69, 9.17) is 0 Å². The molecular weight excluding hydrogens is 266 g/mol. The summed E-state index contributed by atoms with van der Waals surface area (Å²) in [5.41, 5.74) is 3.71. The molecule has 3 aromatic rings. The number of hydrogen-bond donors (Lipinski definition) is 1. The summed E-state index contributed by atoms with van der Waals surface area (Å²) >= 11 is 0. The second kappa shape index (κ2) is 5.32. The van der Waals surface area contributed by atoms with Gasteiger partial charge in [0, 0.05) is 18.5 Å². The summed E-state index contributed by atoms with van der Waals surface area (Å²) in [4.78, 5) is 20.7. The zero-order chi connectivity index (χ0) is 14.8. The number of amides is 1. The summed E-state index contributed by atoms with van der Waals surface area (Å²) in [6.07, 6.45) is 3.28. The molecule has 0 atom stereocenters. The van der Waals surface area contributed by atoms with Gasteiger partial charge in [0.2, 0.25) is 0 Å². The summed E-state index contributed by atoms with van der Waals surface area (Å²) < 4.78 is 1.69. The molecule has 3 heterocycles. The second-order valence-electron chi connectivity index (χ2n) is 4.82. The second-order valence-corrected chi connectivity index (χ2v) is 4.82. The predicted octanol–water partition coefficient (Wildman–Crippen LogP) is 1.67. The van der Waals surface area contributed by atoms with Gasteiger partial charge in [0.15, 0.2) is 5.65 Å². The van der Waals surface area contributed by atoms with Crippen molar-refractivity contribution in [3.05, 3.63) is 59.3 Å². The average Bonchev–Trinajstić information content (AvgIpc) is 2.88. The number of pyridine rings is 1. The molecule has 0 aromatic carbocycles. The first-order valence-electron chi connectivity index (χ1n) is 6.65. The van der Waals surface area contributed by atoms with Crippen LogP contribution in [0.4, 0.5) is 0 Å². The standard InChI is InChI=1S/C15H15N5O/c1-10-7-14-17-9-13(11(2)20(14)19-10)15(21)18-8-12-5-3-4-6-16-12/h3-7,9H,8H2,1-2H3,(H,18,21). The van der Waals surface area contributed by atoms with Crippen LogP contribution in [0.2, 0.25) is 0 Å². The number of carbonyl (C=O) groups excluding carboxylic acids is 1. The van der Waals surface area contributed by atoms with E-state index in [9.17, 15) is 4.79 Å². The van der Waals surface area contributed by atoms with Crippen molar-refractivity contribution in [3.8, 4) is 0 Å². The molecule has 21 heavy (non-hydrogen) atoms. The SMILES string of the molecule is Cc1cc2ncc(C(=O)NCc3ccccn3)c(C)n2n1. The Kier molecular flexibility index (Phi) is 3.35. The fraction of sp³-hybridized carbons (Fsp3) is 0.200. The zero-order valence-electron chi connectivity index (χ0n) is 11.9. The Labute approximate surface area is 121 Å². The van der Waals surface area contributed by atoms with Crippen molar-refractivity contribution in [2.24, 2.45) is 0 Å².